The number of aryl methyl sites for hydroxylation is 1. The van der Waals surface area contributed by atoms with Gasteiger partial charge in [0, 0.05) is 17.4 Å². The molecular weight excluding hydrogens is 208 g/mol. The van der Waals surface area contributed by atoms with Gasteiger partial charge in [0.2, 0.25) is 0 Å². The molecule has 2 nitrogen and oxygen atoms in total. The second-order valence-electron chi connectivity index (χ2n) is 5.54. The monoisotopic (exact) mass is 232 g/mol. The molecule has 1 N–H and O–H groups in total. The summed E-state index contributed by atoms with van der Waals surface area (Å²) in [4.78, 5) is 4.31. The maximum atomic E-state index is 4.31. The Hall–Kier alpha value is -1.15. The van der Waals surface area contributed by atoms with Gasteiger partial charge < -0.3 is 5.32 Å². The van der Waals surface area contributed by atoms with Gasteiger partial charge in [0.1, 0.15) is 0 Å². The van der Waals surface area contributed by atoms with Crippen LogP contribution in [0, 0.1) is 6.92 Å². The van der Waals surface area contributed by atoms with E-state index in [1.54, 1.807) is 0 Å². The van der Waals surface area contributed by atoms with Crippen LogP contribution in [0.25, 0.3) is 5.57 Å². The molecule has 0 unspecified atom stereocenters. The lowest BCUT2D eigenvalue weighted by Gasteiger charge is -2.19. The third-order valence-corrected chi connectivity index (χ3v) is 2.62. The van der Waals surface area contributed by atoms with Crippen LogP contribution in [0.15, 0.2) is 24.4 Å². The average molecular weight is 232 g/mol. The van der Waals surface area contributed by atoms with Crippen molar-refractivity contribution >= 4 is 5.57 Å². The molecule has 0 amide bonds. The van der Waals surface area contributed by atoms with Crippen molar-refractivity contribution in [3.8, 4) is 0 Å². The van der Waals surface area contributed by atoms with Gasteiger partial charge in [-0.1, -0.05) is 12.1 Å². The summed E-state index contributed by atoms with van der Waals surface area (Å²) in [5.74, 6) is 0. The molecule has 1 rings (SSSR count). The van der Waals surface area contributed by atoms with E-state index in [1.165, 1.54) is 11.1 Å². The number of nitrogens with one attached hydrogen (secondary N) is 1. The summed E-state index contributed by atoms with van der Waals surface area (Å²) in [6, 6.07) is 4.19. The van der Waals surface area contributed by atoms with Crippen LogP contribution >= 0.6 is 0 Å². The van der Waals surface area contributed by atoms with E-state index in [0.29, 0.717) is 0 Å². The summed E-state index contributed by atoms with van der Waals surface area (Å²) in [6.45, 7) is 11.7. The van der Waals surface area contributed by atoms with Gasteiger partial charge in [-0.2, -0.15) is 0 Å². The Kier molecular flexibility index (Phi) is 4.88. The van der Waals surface area contributed by atoms with Gasteiger partial charge in [0.15, 0.2) is 0 Å². The van der Waals surface area contributed by atoms with Gasteiger partial charge in [0.25, 0.3) is 0 Å². The first-order chi connectivity index (χ1) is 7.88. The fraction of sp³-hybridized carbons (Fsp3) is 0.533. The van der Waals surface area contributed by atoms with Crippen molar-refractivity contribution in [3.05, 3.63) is 35.7 Å². The molecule has 0 aliphatic rings. The predicted octanol–water partition coefficient (Wildman–Crippen LogP) is 3.57. The smallest absolute Gasteiger partial charge is 0.0373 e. The summed E-state index contributed by atoms with van der Waals surface area (Å²) < 4.78 is 0. The third-order valence-electron chi connectivity index (χ3n) is 2.62. The maximum Gasteiger partial charge on any atom is 0.0373 e. The molecule has 1 aromatic heterocycles. The highest BCUT2D eigenvalue weighted by Crippen LogP contribution is 2.13. The second kappa shape index (κ2) is 5.97. The van der Waals surface area contributed by atoms with E-state index in [4.69, 9.17) is 0 Å². The molecule has 0 fully saturated rings. The number of hydrogen-bond donors (Lipinski definition) is 1. The fourth-order valence-corrected chi connectivity index (χ4v) is 1.55. The molecule has 1 aromatic rings. The molecule has 0 atom stereocenters. The van der Waals surface area contributed by atoms with Crippen molar-refractivity contribution in [3.63, 3.8) is 0 Å². The zero-order valence-corrected chi connectivity index (χ0v) is 11.7. The van der Waals surface area contributed by atoms with E-state index in [9.17, 15) is 0 Å². The normalized spacial score (nSPS) is 12.9. The highest BCUT2D eigenvalue weighted by Gasteiger charge is 2.06. The molecule has 0 aromatic carbocycles. The van der Waals surface area contributed by atoms with E-state index < -0.39 is 0 Å². The Morgan fingerprint density at radius 1 is 1.35 bits per heavy atom. The first-order valence-corrected chi connectivity index (χ1v) is 6.23. The Balaban J connectivity index is 2.47. The maximum absolute atomic E-state index is 4.31. The van der Waals surface area contributed by atoms with E-state index in [1.807, 2.05) is 13.1 Å². The molecule has 2 heteroatoms. The summed E-state index contributed by atoms with van der Waals surface area (Å²) in [7, 11) is 0. The third kappa shape index (κ3) is 5.64. The molecule has 0 aliphatic carbocycles. The van der Waals surface area contributed by atoms with Crippen molar-refractivity contribution in [2.75, 3.05) is 6.54 Å². The SMILES string of the molecule is CC(=CCCNC(C)(C)C)c1ccc(C)nc1. The van der Waals surface area contributed by atoms with Crippen molar-refractivity contribution in [2.24, 2.45) is 0 Å². The minimum absolute atomic E-state index is 0.202. The lowest BCUT2D eigenvalue weighted by molar-refractivity contribution is 0.431. The van der Waals surface area contributed by atoms with Crippen LogP contribution in [0.3, 0.4) is 0 Å². The predicted molar refractivity (Wildman–Crippen MR) is 75.0 cm³/mol. The highest BCUT2D eigenvalue weighted by atomic mass is 14.9. The van der Waals surface area contributed by atoms with Crippen LogP contribution in [0.4, 0.5) is 0 Å². The Bertz CT molecular complexity index is 369. The minimum atomic E-state index is 0.202. The zero-order chi connectivity index (χ0) is 12.9. The summed E-state index contributed by atoms with van der Waals surface area (Å²) in [5.41, 5.74) is 3.78. The molecule has 17 heavy (non-hydrogen) atoms. The van der Waals surface area contributed by atoms with E-state index in [2.05, 4.69) is 56.2 Å². The standard InChI is InChI=1S/C15H24N2/c1-12(7-6-10-17-15(3,4)5)14-9-8-13(2)16-11-14/h7-9,11,17H,6,10H2,1-5H3. The molecule has 0 aliphatic heterocycles. The summed E-state index contributed by atoms with van der Waals surface area (Å²) >= 11 is 0. The molecule has 1 heterocycles. The molecule has 0 saturated heterocycles. The number of hydrogen-bond acceptors (Lipinski definition) is 2. The molecule has 0 bridgehead atoms. The fourth-order valence-electron chi connectivity index (χ4n) is 1.55. The van der Waals surface area contributed by atoms with Crippen molar-refractivity contribution < 1.29 is 0 Å². The Morgan fingerprint density at radius 3 is 2.59 bits per heavy atom. The Morgan fingerprint density at radius 2 is 2.06 bits per heavy atom. The topological polar surface area (TPSA) is 24.9 Å². The number of rotatable bonds is 4. The molecule has 94 valence electrons. The number of pyridine rings is 1. The summed E-state index contributed by atoms with van der Waals surface area (Å²) in [6.07, 6.45) is 5.26. The summed E-state index contributed by atoms with van der Waals surface area (Å²) in [5, 5.41) is 3.48. The largest absolute Gasteiger partial charge is 0.312 e. The lowest BCUT2D eigenvalue weighted by atomic mass is 10.1. The van der Waals surface area contributed by atoms with Crippen LogP contribution in [-0.4, -0.2) is 17.1 Å². The first kappa shape index (κ1) is 13.9. The number of allylic oxidation sites excluding steroid dienone is 1. The molecule has 0 saturated carbocycles. The van der Waals surface area contributed by atoms with Gasteiger partial charge >= 0.3 is 0 Å². The number of nitrogens with zero attached hydrogens (tertiary/aromatic N) is 1. The second-order valence-corrected chi connectivity index (χ2v) is 5.54. The van der Waals surface area contributed by atoms with Crippen molar-refractivity contribution in [1.82, 2.24) is 10.3 Å². The van der Waals surface area contributed by atoms with Gasteiger partial charge in [-0.25, -0.2) is 0 Å². The molecule has 0 radical (unpaired) electrons. The number of aromatic nitrogens is 1. The van der Waals surface area contributed by atoms with Crippen molar-refractivity contribution in [2.45, 2.75) is 46.6 Å². The van der Waals surface area contributed by atoms with Crippen LogP contribution in [0.2, 0.25) is 0 Å². The molecular formula is C15H24N2. The van der Waals surface area contributed by atoms with Crippen LogP contribution in [0.1, 0.15) is 45.4 Å². The van der Waals surface area contributed by atoms with E-state index >= 15 is 0 Å². The van der Waals surface area contributed by atoms with Gasteiger partial charge in [0.05, 0.1) is 0 Å². The van der Waals surface area contributed by atoms with Gasteiger partial charge in [-0.3, -0.25) is 4.98 Å². The van der Waals surface area contributed by atoms with E-state index in [0.717, 1.165) is 18.7 Å². The van der Waals surface area contributed by atoms with Gasteiger partial charge in [-0.15, -0.1) is 0 Å². The Labute approximate surface area is 105 Å². The van der Waals surface area contributed by atoms with Crippen LogP contribution in [0.5, 0.6) is 0 Å². The van der Waals surface area contributed by atoms with Crippen LogP contribution < -0.4 is 5.32 Å². The average Bonchev–Trinajstić information content (AvgIpc) is 2.24. The van der Waals surface area contributed by atoms with Gasteiger partial charge in [-0.05, 0) is 64.8 Å². The lowest BCUT2D eigenvalue weighted by Crippen LogP contribution is -2.36. The molecule has 0 spiro atoms. The van der Waals surface area contributed by atoms with Crippen molar-refractivity contribution in [1.29, 1.82) is 0 Å². The zero-order valence-electron chi connectivity index (χ0n) is 11.7. The van der Waals surface area contributed by atoms with Crippen LogP contribution in [-0.2, 0) is 0 Å². The highest BCUT2D eigenvalue weighted by molar-refractivity contribution is 5.62. The quantitative estimate of drug-likeness (QED) is 0.803. The van der Waals surface area contributed by atoms with E-state index in [-0.39, 0.29) is 5.54 Å². The first-order valence-electron chi connectivity index (χ1n) is 6.23. The minimum Gasteiger partial charge on any atom is -0.312 e.